The number of cyclic esters (lactones) is 2. The molecule has 7 rings (SSSR count). The molecular weight excluding hydrogens is 784 g/mol. The molecule has 344 valence electrons. The average Bonchev–Trinajstić information content (AvgIpc) is 4.16. The van der Waals surface area contributed by atoms with Crippen LogP contribution in [0.25, 0.3) is 0 Å². The Labute approximate surface area is 355 Å². The second kappa shape index (κ2) is 20.5. The Kier molecular flexibility index (Phi) is 15.9. The van der Waals surface area contributed by atoms with Gasteiger partial charge in [-0.05, 0) is 36.5 Å². The summed E-state index contributed by atoms with van der Waals surface area (Å²) in [5.74, 6) is 0.143. The number of carbonyl (C=O) groups is 2. The number of rotatable bonds is 12. The van der Waals surface area contributed by atoms with Crippen LogP contribution in [0.3, 0.4) is 0 Å². The Hall–Kier alpha value is -1.54. The Morgan fingerprint density at radius 3 is 1.13 bits per heavy atom. The van der Waals surface area contributed by atoms with Gasteiger partial charge in [-0.25, -0.2) is 0 Å². The largest absolute Gasteiger partial charge is 0.462 e. The molecule has 0 spiro atoms. The minimum atomic E-state index is -0.733. The van der Waals surface area contributed by atoms with Gasteiger partial charge in [0, 0.05) is 80.2 Å². The van der Waals surface area contributed by atoms with Gasteiger partial charge in [0.15, 0.2) is 12.6 Å². The van der Waals surface area contributed by atoms with Crippen molar-refractivity contribution in [1.29, 1.82) is 0 Å². The molecule has 7 aliphatic rings. The lowest BCUT2D eigenvalue weighted by atomic mass is 9.85. The SMILES string of the molecule is CO[C@@H]1[C@@H](OC)[C@H](O[C@H]2C[C@@H]3C[C@@H]([C@@H]4C[C@H]4C)OC(=O)C[C@H]4O[C@H](C[C@H](O[C@@H]5OC[C@@H](OC)[C@H](OC)[C@H]5OC)[C@H]4C)C[C@@H]([C@@H]4C[C@H]4C)OC(=O)C[C@@H](O3)[C@@H]2C)OC[C@H]1OC. The zero-order valence-electron chi connectivity index (χ0n) is 37.3. The fourth-order valence-electron chi connectivity index (χ4n) is 10.6. The highest BCUT2D eigenvalue weighted by molar-refractivity contribution is 5.71. The first-order valence-electron chi connectivity index (χ1n) is 22.3. The third-order valence-corrected chi connectivity index (χ3v) is 14.7. The quantitative estimate of drug-likeness (QED) is 0.260. The number of esters is 2. The highest BCUT2D eigenvalue weighted by Crippen LogP contribution is 2.47. The molecule has 0 aromatic carbocycles. The van der Waals surface area contributed by atoms with E-state index in [1.165, 1.54) is 0 Å². The van der Waals surface area contributed by atoms with Gasteiger partial charge in [0.25, 0.3) is 0 Å². The lowest BCUT2D eigenvalue weighted by Gasteiger charge is -2.46. The molecule has 2 saturated carbocycles. The number of carbonyl (C=O) groups excluding carboxylic acids is 2. The highest BCUT2D eigenvalue weighted by atomic mass is 16.7. The summed E-state index contributed by atoms with van der Waals surface area (Å²) in [6, 6.07) is 0. The minimum absolute atomic E-state index is 0.0442. The van der Waals surface area contributed by atoms with Crippen LogP contribution in [0.1, 0.15) is 79.1 Å². The number of methoxy groups -OCH3 is 6. The molecule has 16 heteroatoms. The van der Waals surface area contributed by atoms with Crippen LogP contribution in [0.15, 0.2) is 0 Å². The van der Waals surface area contributed by atoms with Gasteiger partial charge >= 0.3 is 11.9 Å². The molecule has 5 saturated heterocycles. The molecule has 2 aliphatic carbocycles. The predicted octanol–water partition coefficient (Wildman–Crippen LogP) is 3.86. The van der Waals surface area contributed by atoms with Gasteiger partial charge in [-0.3, -0.25) is 9.59 Å². The molecule has 7 fully saturated rings. The number of hydrogen-bond acceptors (Lipinski definition) is 16. The summed E-state index contributed by atoms with van der Waals surface area (Å²) in [5, 5.41) is 0. The van der Waals surface area contributed by atoms with E-state index >= 15 is 0 Å². The highest BCUT2D eigenvalue weighted by Gasteiger charge is 2.52. The van der Waals surface area contributed by atoms with Crippen LogP contribution in [-0.4, -0.2) is 166 Å². The van der Waals surface area contributed by atoms with Crippen LogP contribution in [-0.2, 0) is 75.9 Å². The maximum Gasteiger partial charge on any atom is 0.308 e. The Bertz CT molecular complexity index is 1300. The van der Waals surface area contributed by atoms with E-state index in [4.69, 9.17) is 66.3 Å². The Morgan fingerprint density at radius 2 is 0.817 bits per heavy atom. The van der Waals surface area contributed by atoms with Crippen molar-refractivity contribution in [3.05, 3.63) is 0 Å². The molecule has 22 atom stereocenters. The summed E-state index contributed by atoms with van der Waals surface area (Å²) in [6.07, 6.45) is -3.31. The molecule has 60 heavy (non-hydrogen) atoms. The van der Waals surface area contributed by atoms with Crippen molar-refractivity contribution < 1.29 is 75.9 Å². The zero-order valence-corrected chi connectivity index (χ0v) is 37.3. The standard InChI is InChI=1S/C44H72O16/c1-21-11-27(21)33-15-25-13-29(59-43-41(51-9)39(49-7)35(47-5)19-53-43)23(3)32(55-25)18-38(46)58-34(28-12-22(28)2)16-26-14-30(24(4)31(56-26)17-37(45)57-33)60-44-42(52-10)40(50-8)36(48-6)20-54-44/h21-36,39-44H,11-20H2,1-10H3/t21-,22-,23-,24-,25-,26-,27-,28-,29+,30+,31-,32-,33+,34+,35-,36-,39+,40+,41-,42-,43+,44+/m1/s1. The molecule has 0 amide bonds. The van der Waals surface area contributed by atoms with Gasteiger partial charge in [0.05, 0.1) is 62.7 Å². The second-order valence-corrected chi connectivity index (χ2v) is 18.6. The molecule has 5 aliphatic heterocycles. The van der Waals surface area contributed by atoms with Gasteiger partial charge in [-0.15, -0.1) is 0 Å². The van der Waals surface area contributed by atoms with E-state index in [0.29, 0.717) is 37.5 Å². The van der Waals surface area contributed by atoms with E-state index in [1.807, 2.05) is 13.8 Å². The van der Waals surface area contributed by atoms with Crippen molar-refractivity contribution >= 4 is 11.9 Å². The minimum Gasteiger partial charge on any atom is -0.462 e. The van der Waals surface area contributed by atoms with Crippen molar-refractivity contribution in [2.45, 2.75) is 177 Å². The summed E-state index contributed by atoms with van der Waals surface area (Å²) < 4.78 is 86.9. The summed E-state index contributed by atoms with van der Waals surface area (Å²) in [5.41, 5.74) is 0. The zero-order chi connectivity index (χ0) is 42.8. The van der Waals surface area contributed by atoms with Crippen LogP contribution in [0.5, 0.6) is 0 Å². The van der Waals surface area contributed by atoms with E-state index in [1.54, 1.807) is 42.7 Å². The maximum absolute atomic E-state index is 14.1. The van der Waals surface area contributed by atoms with Crippen LogP contribution in [0.2, 0.25) is 0 Å². The fourth-order valence-corrected chi connectivity index (χ4v) is 10.6. The molecule has 0 aromatic heterocycles. The number of fused-ring (bicyclic) bond motifs is 4. The van der Waals surface area contributed by atoms with Crippen molar-refractivity contribution in [3.8, 4) is 0 Å². The number of hydrogen-bond donors (Lipinski definition) is 0. The van der Waals surface area contributed by atoms with Crippen molar-refractivity contribution in [2.24, 2.45) is 35.5 Å². The van der Waals surface area contributed by atoms with Crippen LogP contribution >= 0.6 is 0 Å². The smallest absolute Gasteiger partial charge is 0.308 e. The molecule has 4 bridgehead atoms. The third kappa shape index (κ3) is 10.5. The maximum atomic E-state index is 14.1. The monoisotopic (exact) mass is 856 g/mol. The normalized spacial score (nSPS) is 49.1. The van der Waals surface area contributed by atoms with Gasteiger partial charge < -0.3 is 66.3 Å². The number of ether oxygens (including phenoxy) is 14. The molecule has 0 aromatic rings. The Balaban J connectivity index is 1.13. The third-order valence-electron chi connectivity index (χ3n) is 14.7. The van der Waals surface area contributed by atoms with Gasteiger partial charge in [-0.1, -0.05) is 27.7 Å². The van der Waals surface area contributed by atoms with Crippen molar-refractivity contribution in [1.82, 2.24) is 0 Å². The van der Waals surface area contributed by atoms with Gasteiger partial charge in [0.2, 0.25) is 0 Å². The summed E-state index contributed by atoms with van der Waals surface area (Å²) >= 11 is 0. The topological polar surface area (TPSA) is 163 Å². The molecule has 0 radical (unpaired) electrons. The van der Waals surface area contributed by atoms with Crippen LogP contribution in [0.4, 0.5) is 0 Å². The summed E-state index contributed by atoms with van der Waals surface area (Å²) in [7, 11) is 9.70. The van der Waals surface area contributed by atoms with Crippen LogP contribution < -0.4 is 0 Å². The summed E-state index contributed by atoms with van der Waals surface area (Å²) in [4.78, 5) is 28.2. The van der Waals surface area contributed by atoms with Crippen LogP contribution in [0, 0.1) is 35.5 Å². The Morgan fingerprint density at radius 1 is 0.450 bits per heavy atom. The van der Waals surface area contributed by atoms with E-state index in [0.717, 1.165) is 12.8 Å². The average molecular weight is 857 g/mol. The summed E-state index contributed by atoms with van der Waals surface area (Å²) in [6.45, 7) is 8.99. The van der Waals surface area contributed by atoms with E-state index < -0.39 is 49.2 Å². The molecule has 0 N–H and O–H groups in total. The van der Waals surface area contributed by atoms with E-state index in [2.05, 4.69) is 13.8 Å². The molecule has 0 unspecified atom stereocenters. The van der Waals surface area contributed by atoms with E-state index in [-0.39, 0.29) is 110 Å². The second-order valence-electron chi connectivity index (χ2n) is 18.6. The lowest BCUT2D eigenvalue weighted by molar-refractivity contribution is -0.309. The fraction of sp³-hybridized carbons (Fsp3) is 0.955. The first-order valence-corrected chi connectivity index (χ1v) is 22.3. The van der Waals surface area contributed by atoms with Crippen molar-refractivity contribution in [3.63, 3.8) is 0 Å². The van der Waals surface area contributed by atoms with Crippen molar-refractivity contribution in [2.75, 3.05) is 55.9 Å². The predicted molar refractivity (Wildman–Crippen MR) is 212 cm³/mol. The molecular formula is C44H72O16. The first-order chi connectivity index (χ1) is 28.9. The molecule has 16 nitrogen and oxygen atoms in total. The molecule has 5 heterocycles. The van der Waals surface area contributed by atoms with E-state index in [9.17, 15) is 9.59 Å². The van der Waals surface area contributed by atoms with Gasteiger partial charge in [-0.2, -0.15) is 0 Å². The first kappa shape index (κ1) is 46.5. The van der Waals surface area contributed by atoms with Gasteiger partial charge in [0.1, 0.15) is 48.8 Å². The lowest BCUT2D eigenvalue weighted by Crippen LogP contribution is -2.58.